The third-order valence-electron chi connectivity index (χ3n) is 7.14. The Morgan fingerprint density at radius 2 is 1.94 bits per heavy atom. The summed E-state index contributed by atoms with van der Waals surface area (Å²) in [5, 5.41) is 12.6. The molecule has 1 fully saturated rings. The number of rotatable bonds is 3. The molecular weight excluding hydrogens is 476 g/mol. The first-order valence-corrected chi connectivity index (χ1v) is 13.0. The predicted molar refractivity (Wildman–Crippen MR) is 140 cm³/mol. The molecule has 1 aliphatic carbocycles. The van der Waals surface area contributed by atoms with Crippen LogP contribution in [0.2, 0.25) is 0 Å². The highest BCUT2D eigenvalue weighted by Gasteiger charge is 2.33. The number of nitrogens with one attached hydrogen (secondary N) is 2. The van der Waals surface area contributed by atoms with Crippen molar-refractivity contribution in [2.75, 3.05) is 45.6 Å². The van der Waals surface area contributed by atoms with Crippen molar-refractivity contribution in [3.8, 4) is 0 Å². The molecule has 1 aromatic carbocycles. The third-order valence-corrected chi connectivity index (χ3v) is 8.30. The molecule has 6 rings (SSSR count). The summed E-state index contributed by atoms with van der Waals surface area (Å²) < 4.78 is 0. The lowest BCUT2D eigenvalue weighted by molar-refractivity contribution is -0.137. The summed E-state index contributed by atoms with van der Waals surface area (Å²) in [7, 11) is 3.52. The Kier molecular flexibility index (Phi) is 5.71. The number of H-pyrrole nitrogens is 1. The maximum Gasteiger partial charge on any atom is 0.319 e. The zero-order chi connectivity index (χ0) is 24.8. The van der Waals surface area contributed by atoms with Crippen LogP contribution in [-0.4, -0.2) is 87.1 Å². The number of fused-ring (bicyclic) bond motifs is 4. The maximum absolute atomic E-state index is 13.4. The molecule has 10 nitrogen and oxygen atoms in total. The molecule has 0 saturated carbocycles. The number of urea groups is 1. The Morgan fingerprint density at radius 1 is 1.14 bits per heavy atom. The van der Waals surface area contributed by atoms with Gasteiger partial charge in [-0.05, 0) is 43.0 Å². The average Bonchev–Trinajstić information content (AvgIpc) is 3.52. The van der Waals surface area contributed by atoms with E-state index in [1.807, 2.05) is 28.0 Å². The third kappa shape index (κ3) is 4.02. The van der Waals surface area contributed by atoms with Crippen molar-refractivity contribution < 1.29 is 9.59 Å². The van der Waals surface area contributed by atoms with Gasteiger partial charge in [-0.3, -0.25) is 9.89 Å². The van der Waals surface area contributed by atoms with Crippen molar-refractivity contribution in [1.29, 1.82) is 0 Å². The molecular formula is C25H28N8O2S. The first kappa shape index (κ1) is 22.7. The predicted octanol–water partition coefficient (Wildman–Crippen LogP) is 3.24. The largest absolute Gasteiger partial charge is 0.340 e. The minimum atomic E-state index is -0.0328. The number of carbonyl (C=O) groups excluding carboxylic acids is 2. The molecule has 2 N–H and O–H groups in total. The van der Waals surface area contributed by atoms with Crippen LogP contribution in [0.15, 0.2) is 30.7 Å². The maximum atomic E-state index is 13.4. The lowest BCUT2D eigenvalue weighted by Crippen LogP contribution is -2.54. The van der Waals surface area contributed by atoms with Gasteiger partial charge in [0, 0.05) is 62.1 Å². The van der Waals surface area contributed by atoms with E-state index in [0.29, 0.717) is 26.2 Å². The van der Waals surface area contributed by atoms with E-state index in [0.717, 1.165) is 51.9 Å². The molecule has 4 heterocycles. The SMILES string of the molecule is CN(C)C(=O)N1CCN(C(=O)C2CCc3c(sc4ncnc(Nc5ccc6[nH]ncc6c5)c34)C2)CC1. The molecule has 0 spiro atoms. The topological polar surface area (TPSA) is 110 Å². The van der Waals surface area contributed by atoms with Gasteiger partial charge in [-0.15, -0.1) is 11.3 Å². The van der Waals surface area contributed by atoms with Crippen molar-refractivity contribution in [2.24, 2.45) is 5.92 Å². The van der Waals surface area contributed by atoms with Gasteiger partial charge < -0.3 is 20.0 Å². The monoisotopic (exact) mass is 504 g/mol. The zero-order valence-corrected chi connectivity index (χ0v) is 21.1. The Labute approximate surface area is 212 Å². The Balaban J connectivity index is 1.19. The summed E-state index contributed by atoms with van der Waals surface area (Å²) in [4.78, 5) is 42.2. The average molecular weight is 505 g/mol. The van der Waals surface area contributed by atoms with E-state index >= 15 is 0 Å². The van der Waals surface area contributed by atoms with E-state index in [-0.39, 0.29) is 17.9 Å². The van der Waals surface area contributed by atoms with Gasteiger partial charge in [-0.2, -0.15) is 5.10 Å². The number of benzene rings is 1. The molecule has 2 aliphatic rings. The summed E-state index contributed by atoms with van der Waals surface area (Å²) >= 11 is 1.67. The zero-order valence-electron chi connectivity index (χ0n) is 20.3. The summed E-state index contributed by atoms with van der Waals surface area (Å²) in [5.74, 6) is 0.967. The summed E-state index contributed by atoms with van der Waals surface area (Å²) in [6.07, 6.45) is 5.77. The fourth-order valence-electron chi connectivity index (χ4n) is 5.23. The molecule has 1 saturated heterocycles. The number of aromatic nitrogens is 4. The van der Waals surface area contributed by atoms with Crippen LogP contribution in [0, 0.1) is 5.92 Å². The van der Waals surface area contributed by atoms with Gasteiger partial charge in [-0.1, -0.05) is 0 Å². The standard InChI is InChI=1S/C25H28N8O2S/c1-31(2)25(35)33-9-7-32(8-10-33)24(34)15-3-5-18-20(12-15)36-23-21(18)22(26-14-27-23)29-17-4-6-19-16(11-17)13-28-30-19/h4,6,11,13-15H,3,5,7-10,12H2,1-2H3,(H,28,30)(H,26,27,29). The Morgan fingerprint density at radius 3 is 2.75 bits per heavy atom. The van der Waals surface area contributed by atoms with Crippen LogP contribution in [0.5, 0.6) is 0 Å². The van der Waals surface area contributed by atoms with Crippen molar-refractivity contribution in [3.63, 3.8) is 0 Å². The quantitative estimate of drug-likeness (QED) is 0.443. The van der Waals surface area contributed by atoms with Gasteiger partial charge in [-0.25, -0.2) is 14.8 Å². The number of aromatic amines is 1. The highest BCUT2D eigenvalue weighted by atomic mass is 32.1. The molecule has 36 heavy (non-hydrogen) atoms. The normalized spacial score (nSPS) is 17.9. The van der Waals surface area contributed by atoms with E-state index in [1.165, 1.54) is 10.4 Å². The second kappa shape index (κ2) is 9.05. The van der Waals surface area contributed by atoms with E-state index in [9.17, 15) is 9.59 Å². The second-order valence-electron chi connectivity index (χ2n) is 9.63. The smallest absolute Gasteiger partial charge is 0.319 e. The minimum Gasteiger partial charge on any atom is -0.340 e. The Hall–Kier alpha value is -3.73. The van der Waals surface area contributed by atoms with Crippen molar-refractivity contribution in [2.45, 2.75) is 19.3 Å². The number of thiophene rings is 1. The molecule has 186 valence electrons. The van der Waals surface area contributed by atoms with Gasteiger partial charge in [0.1, 0.15) is 17.0 Å². The van der Waals surface area contributed by atoms with Crippen LogP contribution in [0.4, 0.5) is 16.3 Å². The van der Waals surface area contributed by atoms with E-state index < -0.39 is 0 Å². The molecule has 1 aliphatic heterocycles. The van der Waals surface area contributed by atoms with Crippen LogP contribution < -0.4 is 5.32 Å². The second-order valence-corrected chi connectivity index (χ2v) is 10.7. The van der Waals surface area contributed by atoms with E-state index in [1.54, 1.807) is 42.9 Å². The van der Waals surface area contributed by atoms with E-state index in [2.05, 4.69) is 25.5 Å². The van der Waals surface area contributed by atoms with Crippen LogP contribution >= 0.6 is 11.3 Å². The van der Waals surface area contributed by atoms with Crippen molar-refractivity contribution >= 4 is 55.9 Å². The molecule has 11 heteroatoms. The van der Waals surface area contributed by atoms with Crippen LogP contribution in [0.25, 0.3) is 21.1 Å². The summed E-state index contributed by atoms with van der Waals surface area (Å²) in [5.41, 5.74) is 3.19. The number of hydrogen-bond donors (Lipinski definition) is 2. The number of amides is 3. The first-order chi connectivity index (χ1) is 17.5. The lowest BCUT2D eigenvalue weighted by Gasteiger charge is -2.38. The highest BCUT2D eigenvalue weighted by Crippen LogP contribution is 2.41. The molecule has 4 aromatic rings. The number of piperazine rings is 1. The van der Waals surface area contributed by atoms with Crippen LogP contribution in [-0.2, 0) is 17.6 Å². The number of carbonyl (C=O) groups is 2. The fraction of sp³-hybridized carbons (Fsp3) is 0.400. The van der Waals surface area contributed by atoms with Gasteiger partial charge >= 0.3 is 6.03 Å². The van der Waals surface area contributed by atoms with Gasteiger partial charge in [0.05, 0.1) is 17.1 Å². The first-order valence-electron chi connectivity index (χ1n) is 12.2. The van der Waals surface area contributed by atoms with Crippen molar-refractivity contribution in [1.82, 2.24) is 34.9 Å². The van der Waals surface area contributed by atoms with Gasteiger partial charge in [0.25, 0.3) is 0 Å². The number of hydrogen-bond acceptors (Lipinski definition) is 7. The van der Waals surface area contributed by atoms with Crippen molar-refractivity contribution in [3.05, 3.63) is 41.2 Å². The molecule has 0 bridgehead atoms. The molecule has 1 atom stereocenters. The summed E-state index contributed by atoms with van der Waals surface area (Å²) in [6, 6.07) is 6.06. The minimum absolute atomic E-state index is 0.00453. The highest BCUT2D eigenvalue weighted by molar-refractivity contribution is 7.19. The molecule has 3 amide bonds. The fourth-order valence-corrected chi connectivity index (χ4v) is 6.50. The summed E-state index contributed by atoms with van der Waals surface area (Å²) in [6.45, 7) is 2.35. The van der Waals surface area contributed by atoms with Gasteiger partial charge in [0.2, 0.25) is 5.91 Å². The van der Waals surface area contributed by atoms with Crippen LogP contribution in [0.3, 0.4) is 0 Å². The molecule has 1 unspecified atom stereocenters. The van der Waals surface area contributed by atoms with E-state index in [4.69, 9.17) is 0 Å². The number of aryl methyl sites for hydroxylation is 1. The molecule has 3 aromatic heterocycles. The number of nitrogens with zero attached hydrogens (tertiary/aromatic N) is 6. The Bertz CT molecular complexity index is 1450. The van der Waals surface area contributed by atoms with Gasteiger partial charge in [0.15, 0.2) is 0 Å². The van der Waals surface area contributed by atoms with Crippen LogP contribution in [0.1, 0.15) is 16.9 Å². The lowest BCUT2D eigenvalue weighted by atomic mass is 9.86. The molecule has 0 radical (unpaired) electrons. The number of anilines is 2.